The van der Waals surface area contributed by atoms with Crippen LogP contribution in [0.15, 0.2) is 52.2 Å². The van der Waals surface area contributed by atoms with Crippen LogP contribution in [0.3, 0.4) is 0 Å². The molecule has 0 fully saturated rings. The van der Waals surface area contributed by atoms with Crippen LogP contribution in [-0.2, 0) is 10.8 Å². The van der Waals surface area contributed by atoms with Crippen molar-refractivity contribution in [3.63, 3.8) is 0 Å². The molecule has 4 aromatic rings. The van der Waals surface area contributed by atoms with E-state index in [-0.39, 0.29) is 5.56 Å². The van der Waals surface area contributed by atoms with Gasteiger partial charge in [0.1, 0.15) is 0 Å². The number of H-pyrrole nitrogens is 2. The molecule has 0 radical (unpaired) electrons. The number of halogens is 1. The van der Waals surface area contributed by atoms with E-state index in [2.05, 4.69) is 14.9 Å². The van der Waals surface area contributed by atoms with Crippen molar-refractivity contribution in [1.29, 1.82) is 0 Å². The number of aromatic amines is 2. The smallest absolute Gasteiger partial charge is 0.249 e. The molecule has 5 nitrogen and oxygen atoms in total. The summed E-state index contributed by atoms with van der Waals surface area (Å²) in [4.78, 5) is 21.6. The second-order valence-electron chi connectivity index (χ2n) is 6.77. The largest absolute Gasteiger partial charge is 0.373 e. The standard InChI is InChI=1S/C20H16ClN3O2S/c1-24-6-7-27(26)17-8-11(2-5-16(17)24)13-10-18(25)23-20-14-9-12(21)3-4-15(14)22-19(13)20/h2-5,8-10,22H,6-7H2,1H3,(H,23,25). The molecule has 7 heteroatoms. The van der Waals surface area contributed by atoms with Gasteiger partial charge in [-0.3, -0.25) is 9.00 Å². The van der Waals surface area contributed by atoms with Crippen molar-refractivity contribution in [1.82, 2.24) is 9.97 Å². The third kappa shape index (κ3) is 2.59. The Balaban J connectivity index is 1.81. The Morgan fingerprint density at radius 2 is 1.93 bits per heavy atom. The Morgan fingerprint density at radius 1 is 1.07 bits per heavy atom. The zero-order chi connectivity index (χ0) is 18.7. The highest BCUT2D eigenvalue weighted by Crippen LogP contribution is 2.36. The van der Waals surface area contributed by atoms with E-state index in [1.165, 1.54) is 0 Å². The molecular weight excluding hydrogens is 382 g/mol. The number of fused-ring (bicyclic) bond motifs is 4. The number of aromatic nitrogens is 2. The first-order valence-electron chi connectivity index (χ1n) is 8.59. The lowest BCUT2D eigenvalue weighted by Gasteiger charge is -2.27. The average molecular weight is 398 g/mol. The summed E-state index contributed by atoms with van der Waals surface area (Å²) in [5, 5.41) is 1.49. The Morgan fingerprint density at radius 3 is 2.78 bits per heavy atom. The summed E-state index contributed by atoms with van der Waals surface area (Å²) in [6.07, 6.45) is 0. The number of hydrogen-bond acceptors (Lipinski definition) is 3. The van der Waals surface area contributed by atoms with Gasteiger partial charge >= 0.3 is 0 Å². The van der Waals surface area contributed by atoms with Crippen molar-refractivity contribution >= 4 is 50.0 Å². The number of nitrogens with zero attached hydrogens (tertiary/aromatic N) is 1. The van der Waals surface area contributed by atoms with Gasteiger partial charge in [0.25, 0.3) is 0 Å². The third-order valence-electron chi connectivity index (χ3n) is 5.09. The number of pyridine rings is 1. The molecule has 27 heavy (non-hydrogen) atoms. The van der Waals surface area contributed by atoms with Crippen molar-refractivity contribution in [2.24, 2.45) is 0 Å². The molecule has 0 spiro atoms. The van der Waals surface area contributed by atoms with E-state index in [0.717, 1.165) is 50.2 Å². The van der Waals surface area contributed by atoms with Gasteiger partial charge in [-0.1, -0.05) is 17.7 Å². The number of hydrogen-bond donors (Lipinski definition) is 2. The lowest BCUT2D eigenvalue weighted by Crippen LogP contribution is -2.29. The van der Waals surface area contributed by atoms with Gasteiger partial charge in [-0.25, -0.2) is 0 Å². The molecule has 1 atom stereocenters. The van der Waals surface area contributed by atoms with Crippen molar-refractivity contribution in [2.45, 2.75) is 4.90 Å². The van der Waals surface area contributed by atoms with Gasteiger partial charge in [0.2, 0.25) is 5.56 Å². The average Bonchev–Trinajstić information content (AvgIpc) is 3.02. The lowest BCUT2D eigenvalue weighted by molar-refractivity contribution is 0.679. The summed E-state index contributed by atoms with van der Waals surface area (Å²) in [7, 11) is 0.970. The first-order chi connectivity index (χ1) is 13.0. The molecule has 3 heterocycles. The van der Waals surface area contributed by atoms with Gasteiger partial charge in [-0.15, -0.1) is 0 Å². The van der Waals surface area contributed by atoms with Gasteiger partial charge < -0.3 is 14.9 Å². The fraction of sp³-hybridized carbons (Fsp3) is 0.150. The molecule has 2 aromatic heterocycles. The molecule has 0 saturated carbocycles. The highest BCUT2D eigenvalue weighted by atomic mass is 35.5. The Bertz CT molecular complexity index is 1310. The molecule has 0 aliphatic carbocycles. The van der Waals surface area contributed by atoms with E-state index in [4.69, 9.17) is 11.6 Å². The van der Waals surface area contributed by atoms with Crippen LogP contribution in [0.5, 0.6) is 0 Å². The van der Waals surface area contributed by atoms with E-state index >= 15 is 0 Å². The first kappa shape index (κ1) is 16.6. The Kier molecular flexibility index (Phi) is 3.67. The van der Waals surface area contributed by atoms with Crippen LogP contribution < -0.4 is 10.5 Å². The SMILES string of the molecule is CN1CCS(=O)c2cc(-c3cc(=O)[nH]c4c3[nH]c3ccc(Cl)cc34)ccc21. The molecular formula is C20H16ClN3O2S. The molecule has 1 aliphatic rings. The molecule has 2 aromatic carbocycles. The van der Waals surface area contributed by atoms with Crippen molar-refractivity contribution in [3.8, 4) is 11.1 Å². The Hall–Kier alpha value is -2.57. The number of nitrogens with one attached hydrogen (secondary N) is 2. The van der Waals surface area contributed by atoms with Crippen LogP contribution in [-0.4, -0.2) is 33.5 Å². The normalized spacial score (nSPS) is 16.8. The van der Waals surface area contributed by atoms with Gasteiger partial charge in [0, 0.05) is 46.9 Å². The van der Waals surface area contributed by atoms with E-state index < -0.39 is 10.8 Å². The summed E-state index contributed by atoms with van der Waals surface area (Å²) in [6, 6.07) is 13.0. The number of rotatable bonds is 1. The van der Waals surface area contributed by atoms with Crippen LogP contribution in [0.4, 0.5) is 5.69 Å². The van der Waals surface area contributed by atoms with E-state index in [0.29, 0.717) is 10.8 Å². The predicted octanol–water partition coefficient (Wildman–Crippen LogP) is 3.89. The highest BCUT2D eigenvalue weighted by molar-refractivity contribution is 7.85. The van der Waals surface area contributed by atoms with Crippen LogP contribution in [0.1, 0.15) is 0 Å². The zero-order valence-corrected chi connectivity index (χ0v) is 16.1. The maximum Gasteiger partial charge on any atom is 0.249 e. The summed E-state index contributed by atoms with van der Waals surface area (Å²) in [5.74, 6) is 0.614. The summed E-state index contributed by atoms with van der Waals surface area (Å²) in [5.41, 5.74) is 4.91. The van der Waals surface area contributed by atoms with Crippen LogP contribution in [0.25, 0.3) is 33.1 Å². The lowest BCUT2D eigenvalue weighted by atomic mass is 10.0. The van der Waals surface area contributed by atoms with Crippen molar-refractivity contribution in [3.05, 3.63) is 57.8 Å². The van der Waals surface area contributed by atoms with Gasteiger partial charge in [-0.2, -0.15) is 0 Å². The van der Waals surface area contributed by atoms with E-state index in [1.807, 2.05) is 43.4 Å². The predicted molar refractivity (Wildman–Crippen MR) is 111 cm³/mol. The molecule has 136 valence electrons. The van der Waals surface area contributed by atoms with Crippen LogP contribution in [0, 0.1) is 0 Å². The molecule has 5 rings (SSSR count). The topological polar surface area (TPSA) is 69.0 Å². The first-order valence-corrected chi connectivity index (χ1v) is 10.3. The fourth-order valence-corrected chi connectivity index (χ4v) is 5.26. The molecule has 2 N–H and O–H groups in total. The quantitative estimate of drug-likeness (QED) is 0.512. The molecule has 0 bridgehead atoms. The summed E-state index contributed by atoms with van der Waals surface area (Å²) >= 11 is 6.14. The maximum atomic E-state index is 12.5. The van der Waals surface area contributed by atoms with Crippen LogP contribution in [0.2, 0.25) is 5.02 Å². The molecule has 0 amide bonds. The maximum absolute atomic E-state index is 12.5. The van der Waals surface area contributed by atoms with E-state index in [1.54, 1.807) is 6.07 Å². The second-order valence-corrected chi connectivity index (χ2v) is 8.74. The Labute approximate surface area is 162 Å². The third-order valence-corrected chi connectivity index (χ3v) is 6.70. The minimum Gasteiger partial charge on any atom is -0.373 e. The van der Waals surface area contributed by atoms with Gasteiger partial charge in [0.15, 0.2) is 0 Å². The molecule has 1 unspecified atom stereocenters. The zero-order valence-electron chi connectivity index (χ0n) is 14.5. The number of benzene rings is 2. The minimum atomic E-state index is -1.03. The highest BCUT2D eigenvalue weighted by Gasteiger charge is 2.21. The van der Waals surface area contributed by atoms with Crippen LogP contribution >= 0.6 is 11.6 Å². The number of anilines is 1. The van der Waals surface area contributed by atoms with Gasteiger partial charge in [0.05, 0.1) is 32.4 Å². The van der Waals surface area contributed by atoms with E-state index in [9.17, 15) is 9.00 Å². The monoisotopic (exact) mass is 397 g/mol. The fourth-order valence-electron chi connectivity index (χ4n) is 3.72. The van der Waals surface area contributed by atoms with Gasteiger partial charge in [-0.05, 0) is 35.9 Å². The van der Waals surface area contributed by atoms with Crippen molar-refractivity contribution < 1.29 is 4.21 Å². The molecule has 0 saturated heterocycles. The summed E-state index contributed by atoms with van der Waals surface area (Å²) < 4.78 is 12.5. The van der Waals surface area contributed by atoms with Crippen molar-refractivity contribution in [2.75, 3.05) is 24.2 Å². The minimum absolute atomic E-state index is 0.186. The second kappa shape index (κ2) is 5.97. The summed E-state index contributed by atoms with van der Waals surface area (Å²) in [6.45, 7) is 0.775. The molecule has 1 aliphatic heterocycles.